The predicted octanol–water partition coefficient (Wildman–Crippen LogP) is 1.94. The molecule has 4 heteroatoms. The molecule has 1 aromatic rings. The van der Waals surface area contributed by atoms with Crippen LogP contribution in [0, 0.1) is 5.92 Å². The second-order valence-electron chi connectivity index (χ2n) is 4.37. The molecule has 1 fully saturated rings. The van der Waals surface area contributed by atoms with Crippen LogP contribution in [0.5, 0.6) is 5.75 Å². The Morgan fingerprint density at radius 2 is 2.47 bits per heavy atom. The fraction of sp³-hybridized carbons (Fsp3) is 0.615. The van der Waals surface area contributed by atoms with Crippen LogP contribution in [-0.4, -0.2) is 29.9 Å². The molecule has 94 valence electrons. The zero-order valence-corrected chi connectivity index (χ0v) is 10.1. The molecule has 17 heavy (non-hydrogen) atoms. The largest absolute Gasteiger partial charge is 0.492 e. The molecule has 2 unspecified atom stereocenters. The molecule has 0 aromatic carbocycles. The van der Waals surface area contributed by atoms with E-state index in [4.69, 9.17) is 9.47 Å². The molecule has 1 N–H and O–H groups in total. The molecular formula is C13H19NO3. The highest BCUT2D eigenvalue weighted by atomic mass is 16.5. The molecule has 2 heterocycles. The van der Waals surface area contributed by atoms with Gasteiger partial charge in [0.2, 0.25) is 0 Å². The van der Waals surface area contributed by atoms with Gasteiger partial charge in [-0.25, -0.2) is 0 Å². The number of ether oxygens (including phenoxy) is 2. The van der Waals surface area contributed by atoms with Crippen molar-refractivity contribution in [2.45, 2.75) is 25.9 Å². The highest BCUT2D eigenvalue weighted by Crippen LogP contribution is 2.27. The topological polar surface area (TPSA) is 51.6 Å². The summed E-state index contributed by atoms with van der Waals surface area (Å²) in [5, 5.41) is 10.1. The standard InChI is InChI=1S/C13H19NO3/c1-2-17-12-6-11(7-14-8-12)13(15)5-10-3-4-16-9-10/h6-8,10,13,15H,2-5,9H2,1H3. The summed E-state index contributed by atoms with van der Waals surface area (Å²) >= 11 is 0. The van der Waals surface area contributed by atoms with Crippen molar-refractivity contribution < 1.29 is 14.6 Å². The summed E-state index contributed by atoms with van der Waals surface area (Å²) in [7, 11) is 0. The first-order chi connectivity index (χ1) is 8.29. The highest BCUT2D eigenvalue weighted by molar-refractivity contribution is 5.25. The Morgan fingerprint density at radius 3 is 3.18 bits per heavy atom. The molecule has 0 radical (unpaired) electrons. The number of rotatable bonds is 5. The molecule has 0 bridgehead atoms. The van der Waals surface area contributed by atoms with Gasteiger partial charge in [0.15, 0.2) is 0 Å². The average molecular weight is 237 g/mol. The van der Waals surface area contributed by atoms with Crippen LogP contribution in [0.3, 0.4) is 0 Å². The van der Waals surface area contributed by atoms with Gasteiger partial charge >= 0.3 is 0 Å². The van der Waals surface area contributed by atoms with Crippen molar-refractivity contribution in [2.75, 3.05) is 19.8 Å². The maximum Gasteiger partial charge on any atom is 0.137 e. The van der Waals surface area contributed by atoms with E-state index in [2.05, 4.69) is 4.98 Å². The average Bonchev–Trinajstić information content (AvgIpc) is 2.83. The van der Waals surface area contributed by atoms with Gasteiger partial charge in [0.05, 0.1) is 18.9 Å². The van der Waals surface area contributed by atoms with Gasteiger partial charge in [-0.3, -0.25) is 4.98 Å². The van der Waals surface area contributed by atoms with Crippen LogP contribution < -0.4 is 4.74 Å². The Kier molecular flexibility index (Phi) is 4.34. The summed E-state index contributed by atoms with van der Waals surface area (Å²) in [4.78, 5) is 4.08. The Labute approximate surface area is 102 Å². The first-order valence-corrected chi connectivity index (χ1v) is 6.13. The Balaban J connectivity index is 1.97. The van der Waals surface area contributed by atoms with Crippen LogP contribution in [0.2, 0.25) is 0 Å². The minimum absolute atomic E-state index is 0.459. The van der Waals surface area contributed by atoms with E-state index in [9.17, 15) is 5.11 Å². The van der Waals surface area contributed by atoms with E-state index in [-0.39, 0.29) is 0 Å². The van der Waals surface area contributed by atoms with Gasteiger partial charge < -0.3 is 14.6 Å². The monoisotopic (exact) mass is 237 g/mol. The third-order valence-corrected chi connectivity index (χ3v) is 3.01. The first kappa shape index (κ1) is 12.3. The molecule has 0 aliphatic carbocycles. The van der Waals surface area contributed by atoms with E-state index >= 15 is 0 Å². The molecule has 1 aliphatic rings. The molecule has 2 atom stereocenters. The molecule has 0 amide bonds. The lowest BCUT2D eigenvalue weighted by molar-refractivity contribution is 0.129. The van der Waals surface area contributed by atoms with Crippen LogP contribution in [0.25, 0.3) is 0 Å². The normalized spacial score (nSPS) is 21.4. The van der Waals surface area contributed by atoms with E-state index in [0.717, 1.165) is 31.6 Å². The third kappa shape index (κ3) is 3.41. The Bertz CT molecular complexity index is 350. The quantitative estimate of drug-likeness (QED) is 0.850. The fourth-order valence-corrected chi connectivity index (χ4v) is 2.08. The molecule has 1 saturated heterocycles. The molecule has 4 nitrogen and oxygen atoms in total. The van der Waals surface area contributed by atoms with Gasteiger partial charge in [-0.2, -0.15) is 0 Å². The smallest absolute Gasteiger partial charge is 0.137 e. The van der Waals surface area contributed by atoms with Crippen LogP contribution in [0.1, 0.15) is 31.4 Å². The Morgan fingerprint density at radius 1 is 1.59 bits per heavy atom. The van der Waals surface area contributed by atoms with Gasteiger partial charge in [0.1, 0.15) is 5.75 Å². The number of aliphatic hydroxyl groups excluding tert-OH is 1. The van der Waals surface area contributed by atoms with E-state index in [1.807, 2.05) is 13.0 Å². The van der Waals surface area contributed by atoms with Crippen molar-refractivity contribution >= 4 is 0 Å². The van der Waals surface area contributed by atoms with Crippen LogP contribution in [-0.2, 0) is 4.74 Å². The lowest BCUT2D eigenvalue weighted by atomic mass is 9.97. The fourth-order valence-electron chi connectivity index (χ4n) is 2.08. The van der Waals surface area contributed by atoms with Crippen molar-refractivity contribution in [2.24, 2.45) is 5.92 Å². The zero-order valence-electron chi connectivity index (χ0n) is 10.1. The summed E-state index contributed by atoms with van der Waals surface area (Å²) < 4.78 is 10.7. The molecule has 2 rings (SSSR count). The minimum atomic E-state index is -0.477. The van der Waals surface area contributed by atoms with Crippen molar-refractivity contribution in [1.29, 1.82) is 0 Å². The second kappa shape index (κ2) is 5.98. The maximum atomic E-state index is 10.1. The van der Waals surface area contributed by atoms with Crippen molar-refractivity contribution in [3.63, 3.8) is 0 Å². The summed E-state index contributed by atoms with van der Waals surface area (Å²) in [5.74, 6) is 1.17. The number of pyridine rings is 1. The van der Waals surface area contributed by atoms with Crippen LogP contribution >= 0.6 is 0 Å². The van der Waals surface area contributed by atoms with Crippen LogP contribution in [0.15, 0.2) is 18.5 Å². The van der Waals surface area contributed by atoms with Crippen molar-refractivity contribution in [3.05, 3.63) is 24.0 Å². The summed E-state index contributed by atoms with van der Waals surface area (Å²) in [6, 6.07) is 1.86. The third-order valence-electron chi connectivity index (χ3n) is 3.01. The van der Waals surface area contributed by atoms with Crippen LogP contribution in [0.4, 0.5) is 0 Å². The van der Waals surface area contributed by atoms with E-state index in [0.29, 0.717) is 18.3 Å². The molecule has 1 aromatic heterocycles. The van der Waals surface area contributed by atoms with Gasteiger partial charge in [0.25, 0.3) is 0 Å². The number of nitrogens with zero attached hydrogens (tertiary/aromatic N) is 1. The zero-order chi connectivity index (χ0) is 12.1. The van der Waals surface area contributed by atoms with Gasteiger partial charge in [-0.15, -0.1) is 0 Å². The summed E-state index contributed by atoms with van der Waals surface area (Å²) in [6.07, 6.45) is 4.66. The predicted molar refractivity (Wildman–Crippen MR) is 63.9 cm³/mol. The lowest BCUT2D eigenvalue weighted by Gasteiger charge is -2.15. The molecular weight excluding hydrogens is 218 g/mol. The number of aromatic nitrogens is 1. The SMILES string of the molecule is CCOc1cncc(C(O)CC2CCOC2)c1. The van der Waals surface area contributed by atoms with Gasteiger partial charge in [-0.05, 0) is 31.7 Å². The number of hydrogen-bond acceptors (Lipinski definition) is 4. The first-order valence-electron chi connectivity index (χ1n) is 6.13. The maximum absolute atomic E-state index is 10.1. The van der Waals surface area contributed by atoms with Crippen molar-refractivity contribution in [1.82, 2.24) is 4.98 Å². The minimum Gasteiger partial charge on any atom is -0.492 e. The van der Waals surface area contributed by atoms with Gasteiger partial charge in [0, 0.05) is 25.0 Å². The summed E-state index contributed by atoms with van der Waals surface area (Å²) in [6.45, 7) is 4.11. The number of aliphatic hydroxyl groups is 1. The molecule has 1 aliphatic heterocycles. The second-order valence-corrected chi connectivity index (χ2v) is 4.37. The molecule has 0 spiro atoms. The summed E-state index contributed by atoms with van der Waals surface area (Å²) in [5.41, 5.74) is 0.822. The Hall–Kier alpha value is -1.13. The highest BCUT2D eigenvalue weighted by Gasteiger charge is 2.20. The molecule has 0 saturated carbocycles. The van der Waals surface area contributed by atoms with E-state index in [1.54, 1.807) is 12.4 Å². The van der Waals surface area contributed by atoms with Crippen molar-refractivity contribution in [3.8, 4) is 5.75 Å². The van der Waals surface area contributed by atoms with E-state index in [1.165, 1.54) is 0 Å². The van der Waals surface area contributed by atoms with E-state index < -0.39 is 6.10 Å². The lowest BCUT2D eigenvalue weighted by Crippen LogP contribution is -2.08. The number of hydrogen-bond donors (Lipinski definition) is 1. The van der Waals surface area contributed by atoms with Gasteiger partial charge in [-0.1, -0.05) is 0 Å².